The molecule has 0 spiro atoms. The first-order valence-corrected chi connectivity index (χ1v) is 8.61. The molecule has 4 nitrogen and oxygen atoms in total. The van der Waals surface area contributed by atoms with Crippen LogP contribution in [0.1, 0.15) is 35.3 Å². The van der Waals surface area contributed by atoms with Crippen LogP contribution in [-0.2, 0) is 12.1 Å². The fourth-order valence-corrected chi connectivity index (χ4v) is 3.66. The Balaban J connectivity index is 2.02. The molecule has 0 saturated carbocycles. The normalized spacial score (nSPS) is 15.3. The zero-order chi connectivity index (χ0) is 18.4. The van der Waals surface area contributed by atoms with E-state index >= 15 is 0 Å². The van der Waals surface area contributed by atoms with Crippen molar-refractivity contribution < 1.29 is 18.7 Å². The lowest BCUT2D eigenvalue weighted by atomic mass is 9.93. The molecule has 0 bridgehead atoms. The van der Waals surface area contributed by atoms with E-state index in [1.165, 1.54) is 6.07 Å². The third kappa shape index (κ3) is 2.88. The lowest BCUT2D eigenvalue weighted by molar-refractivity contribution is 0.0591. The fraction of sp³-hybridized carbons (Fsp3) is 0.316. The van der Waals surface area contributed by atoms with Crippen molar-refractivity contribution in [3.05, 3.63) is 57.3 Å². The number of hydrogen-bond acceptors (Lipinski definition) is 3. The van der Waals surface area contributed by atoms with Gasteiger partial charge in [0.25, 0.3) is 5.91 Å². The average molecular weight is 408 g/mol. The summed E-state index contributed by atoms with van der Waals surface area (Å²) in [4.78, 5) is 14.5. The summed E-state index contributed by atoms with van der Waals surface area (Å²) in [6.07, 6.45) is 0. The molecule has 1 amide bonds. The maximum absolute atomic E-state index is 14.4. The van der Waals surface area contributed by atoms with Gasteiger partial charge in [0.1, 0.15) is 17.3 Å². The minimum absolute atomic E-state index is 0.140. The van der Waals surface area contributed by atoms with Crippen molar-refractivity contribution in [3.63, 3.8) is 0 Å². The largest absolute Gasteiger partial charge is 0.497 e. The topological polar surface area (TPSA) is 38.8 Å². The van der Waals surface area contributed by atoms with E-state index < -0.39 is 11.4 Å². The van der Waals surface area contributed by atoms with Gasteiger partial charge in [0, 0.05) is 16.1 Å². The first kappa shape index (κ1) is 17.7. The summed E-state index contributed by atoms with van der Waals surface area (Å²) in [5.74, 6) is 0.473. The third-order valence-electron chi connectivity index (χ3n) is 4.67. The second kappa shape index (κ2) is 6.33. The van der Waals surface area contributed by atoms with Crippen LogP contribution in [0.15, 0.2) is 34.8 Å². The van der Waals surface area contributed by atoms with Gasteiger partial charge in [-0.25, -0.2) is 4.39 Å². The molecule has 6 heteroatoms. The van der Waals surface area contributed by atoms with Gasteiger partial charge in [-0.1, -0.05) is 15.9 Å². The summed E-state index contributed by atoms with van der Waals surface area (Å²) in [6, 6.07) is 8.57. The minimum atomic E-state index is -0.637. The van der Waals surface area contributed by atoms with E-state index in [0.29, 0.717) is 28.1 Å². The summed E-state index contributed by atoms with van der Waals surface area (Å²) in [7, 11) is 3.15. The molecular weight excluding hydrogens is 389 g/mol. The highest BCUT2D eigenvalue weighted by Crippen LogP contribution is 2.42. The SMILES string of the molecule is COc1ccc(CN2C(=O)c3c(F)cc(Br)cc3C2(C)C)c(OC)c1. The zero-order valence-corrected chi connectivity index (χ0v) is 16.1. The number of carbonyl (C=O) groups excluding carboxylic acids is 1. The molecule has 0 unspecified atom stereocenters. The molecule has 132 valence electrons. The summed E-state index contributed by atoms with van der Waals surface area (Å²) in [5.41, 5.74) is 1.01. The molecule has 2 aromatic carbocycles. The van der Waals surface area contributed by atoms with Gasteiger partial charge in [-0.05, 0) is 43.7 Å². The molecule has 1 aliphatic rings. The number of benzene rings is 2. The minimum Gasteiger partial charge on any atom is -0.497 e. The molecule has 25 heavy (non-hydrogen) atoms. The van der Waals surface area contributed by atoms with Crippen molar-refractivity contribution in [3.8, 4) is 11.5 Å². The molecular formula is C19H19BrFNO3. The Morgan fingerprint density at radius 1 is 1.16 bits per heavy atom. The Bertz CT molecular complexity index is 851. The molecule has 0 N–H and O–H groups in total. The predicted molar refractivity (Wildman–Crippen MR) is 96.5 cm³/mol. The molecule has 3 rings (SSSR count). The highest BCUT2D eigenvalue weighted by atomic mass is 79.9. The van der Waals surface area contributed by atoms with Crippen LogP contribution < -0.4 is 9.47 Å². The maximum Gasteiger partial charge on any atom is 0.258 e. The Morgan fingerprint density at radius 2 is 1.88 bits per heavy atom. The molecule has 1 heterocycles. The number of amides is 1. The van der Waals surface area contributed by atoms with Crippen LogP contribution in [0.5, 0.6) is 11.5 Å². The van der Waals surface area contributed by atoms with E-state index in [1.807, 2.05) is 32.0 Å². The van der Waals surface area contributed by atoms with Crippen LogP contribution >= 0.6 is 15.9 Å². The Labute approximate surface area is 154 Å². The standard InChI is InChI=1S/C19H19BrFNO3/c1-19(2)14-7-12(20)8-15(21)17(14)18(23)22(19)10-11-5-6-13(24-3)9-16(11)25-4/h5-9H,10H2,1-4H3. The number of hydrogen-bond donors (Lipinski definition) is 0. The molecule has 0 aliphatic carbocycles. The number of fused-ring (bicyclic) bond motifs is 1. The summed E-state index contributed by atoms with van der Waals surface area (Å²) < 4.78 is 25.6. The van der Waals surface area contributed by atoms with Crippen molar-refractivity contribution in [1.82, 2.24) is 4.90 Å². The molecule has 0 atom stereocenters. The highest BCUT2D eigenvalue weighted by Gasteiger charge is 2.45. The predicted octanol–water partition coefficient (Wildman–Crippen LogP) is 4.50. The van der Waals surface area contributed by atoms with Crippen molar-refractivity contribution >= 4 is 21.8 Å². The summed E-state index contributed by atoms with van der Waals surface area (Å²) >= 11 is 3.31. The van der Waals surface area contributed by atoms with Crippen LogP contribution in [-0.4, -0.2) is 25.0 Å². The highest BCUT2D eigenvalue weighted by molar-refractivity contribution is 9.10. The van der Waals surface area contributed by atoms with E-state index in [9.17, 15) is 9.18 Å². The van der Waals surface area contributed by atoms with Crippen molar-refractivity contribution in [2.24, 2.45) is 0 Å². The number of carbonyl (C=O) groups is 1. The van der Waals surface area contributed by atoms with E-state index in [-0.39, 0.29) is 11.5 Å². The first-order chi connectivity index (χ1) is 11.8. The van der Waals surface area contributed by atoms with Gasteiger partial charge in [0.2, 0.25) is 0 Å². The molecule has 0 saturated heterocycles. The zero-order valence-electron chi connectivity index (χ0n) is 14.5. The van der Waals surface area contributed by atoms with Crippen LogP contribution in [0, 0.1) is 5.82 Å². The van der Waals surface area contributed by atoms with E-state index in [1.54, 1.807) is 25.2 Å². The number of halogens is 2. The smallest absolute Gasteiger partial charge is 0.258 e. The maximum atomic E-state index is 14.4. The van der Waals surface area contributed by atoms with Crippen LogP contribution in [0.4, 0.5) is 4.39 Å². The van der Waals surface area contributed by atoms with Crippen LogP contribution in [0.3, 0.4) is 0 Å². The number of ether oxygens (including phenoxy) is 2. The van der Waals surface area contributed by atoms with E-state index in [0.717, 1.165) is 5.56 Å². The van der Waals surface area contributed by atoms with E-state index in [4.69, 9.17) is 9.47 Å². The molecule has 0 fully saturated rings. The van der Waals surface area contributed by atoms with Gasteiger partial charge in [-0.15, -0.1) is 0 Å². The van der Waals surface area contributed by atoms with Crippen molar-refractivity contribution in [2.45, 2.75) is 25.9 Å². The van der Waals surface area contributed by atoms with Crippen LogP contribution in [0.2, 0.25) is 0 Å². The van der Waals surface area contributed by atoms with Gasteiger partial charge in [0.15, 0.2) is 0 Å². The lowest BCUT2D eigenvalue weighted by Crippen LogP contribution is -2.38. The van der Waals surface area contributed by atoms with Crippen molar-refractivity contribution in [1.29, 1.82) is 0 Å². The molecule has 0 radical (unpaired) electrons. The summed E-state index contributed by atoms with van der Waals surface area (Å²) in [6.45, 7) is 4.14. The fourth-order valence-electron chi connectivity index (χ4n) is 3.23. The number of methoxy groups -OCH3 is 2. The lowest BCUT2D eigenvalue weighted by Gasteiger charge is -2.33. The second-order valence-corrected chi connectivity index (χ2v) is 7.35. The van der Waals surface area contributed by atoms with Gasteiger partial charge in [-0.3, -0.25) is 4.79 Å². The van der Waals surface area contributed by atoms with Crippen molar-refractivity contribution in [2.75, 3.05) is 14.2 Å². The van der Waals surface area contributed by atoms with E-state index in [2.05, 4.69) is 15.9 Å². The van der Waals surface area contributed by atoms with Crippen LogP contribution in [0.25, 0.3) is 0 Å². The Kier molecular flexibility index (Phi) is 4.49. The quantitative estimate of drug-likeness (QED) is 0.748. The third-order valence-corrected chi connectivity index (χ3v) is 5.13. The first-order valence-electron chi connectivity index (χ1n) is 7.82. The molecule has 2 aromatic rings. The van der Waals surface area contributed by atoms with Gasteiger partial charge >= 0.3 is 0 Å². The number of nitrogens with zero attached hydrogens (tertiary/aromatic N) is 1. The van der Waals surface area contributed by atoms with Gasteiger partial charge in [0.05, 0.1) is 31.9 Å². The Hall–Kier alpha value is -2.08. The van der Waals surface area contributed by atoms with Gasteiger partial charge < -0.3 is 14.4 Å². The second-order valence-electron chi connectivity index (χ2n) is 6.44. The molecule has 1 aliphatic heterocycles. The Morgan fingerprint density at radius 3 is 2.52 bits per heavy atom. The monoisotopic (exact) mass is 407 g/mol. The average Bonchev–Trinajstić information content (AvgIpc) is 2.75. The molecule has 0 aromatic heterocycles. The summed E-state index contributed by atoms with van der Waals surface area (Å²) in [5, 5.41) is 0. The number of rotatable bonds is 4. The van der Waals surface area contributed by atoms with Gasteiger partial charge in [-0.2, -0.15) is 0 Å².